The van der Waals surface area contributed by atoms with Crippen LogP contribution in [0.3, 0.4) is 0 Å². The smallest absolute Gasteiger partial charge is 0.143 e. The average Bonchev–Trinajstić information content (AvgIpc) is 1.55. The summed E-state index contributed by atoms with van der Waals surface area (Å²) in [6, 6.07) is 187. The van der Waals surface area contributed by atoms with Crippen molar-refractivity contribution in [2.45, 2.75) is 0 Å². The molecule has 0 fully saturated rings. The molecule has 0 atom stereocenters. The summed E-state index contributed by atoms with van der Waals surface area (Å²) in [4.78, 5) is 0. The summed E-state index contributed by atoms with van der Waals surface area (Å²) in [5, 5.41) is 22.0. The fourth-order valence-corrected chi connectivity index (χ4v) is 23.8. The highest BCUT2D eigenvalue weighted by molar-refractivity contribution is 6.30. The third-order valence-electron chi connectivity index (χ3n) is 30.4. The maximum Gasteiger partial charge on any atom is 0.143 e. The molecule has 0 saturated heterocycles. The lowest BCUT2D eigenvalue weighted by molar-refractivity contribution is 0.668. The van der Waals surface area contributed by atoms with E-state index in [1.165, 1.54) is 181 Å². The Balaban J connectivity index is 0.000000102. The van der Waals surface area contributed by atoms with Gasteiger partial charge >= 0.3 is 0 Å². The summed E-state index contributed by atoms with van der Waals surface area (Å²) >= 11 is 0. The van der Waals surface area contributed by atoms with Crippen molar-refractivity contribution in [3.05, 3.63) is 522 Å². The maximum atomic E-state index is 6.33. The summed E-state index contributed by atoms with van der Waals surface area (Å²) in [6.07, 6.45) is 0. The zero-order valence-electron chi connectivity index (χ0n) is 79.6. The summed E-state index contributed by atoms with van der Waals surface area (Å²) in [6.45, 7) is 0. The molecule has 147 heavy (non-hydrogen) atoms. The van der Waals surface area contributed by atoms with E-state index in [2.05, 4.69) is 513 Å². The highest BCUT2D eigenvalue weighted by Gasteiger charge is 2.27. The van der Waals surface area contributed by atoms with Gasteiger partial charge in [-0.05, 0) is 220 Å². The minimum Gasteiger partial charge on any atom is -0.456 e. The Labute approximate surface area is 842 Å². The summed E-state index contributed by atoms with van der Waals surface area (Å²) < 4.78 is 33.1. The van der Waals surface area contributed by atoms with Crippen LogP contribution in [0.1, 0.15) is 0 Å². The van der Waals surface area contributed by atoms with Crippen molar-refractivity contribution in [1.29, 1.82) is 0 Å². The first-order chi connectivity index (χ1) is 72.9. The van der Waals surface area contributed by atoms with Crippen LogP contribution in [0.4, 0.5) is 0 Å². The zero-order valence-corrected chi connectivity index (χ0v) is 79.6. The van der Waals surface area contributed by atoms with Crippen molar-refractivity contribution in [2.24, 2.45) is 0 Å². The minimum atomic E-state index is 0.913. The van der Waals surface area contributed by atoms with Crippen LogP contribution in [0.2, 0.25) is 0 Å². The van der Waals surface area contributed by atoms with E-state index in [-0.39, 0.29) is 0 Å². The highest BCUT2D eigenvalue weighted by atomic mass is 16.3. The highest BCUT2D eigenvalue weighted by Crippen LogP contribution is 2.49. The van der Waals surface area contributed by atoms with Gasteiger partial charge in [0.1, 0.15) is 33.5 Å². The molecule has 0 radical (unpaired) electrons. The van der Waals surface area contributed by atoms with Crippen LogP contribution in [0.5, 0.6) is 0 Å². The van der Waals surface area contributed by atoms with E-state index >= 15 is 0 Å². The average molecular weight is 1880 g/mol. The van der Waals surface area contributed by atoms with Crippen LogP contribution in [-0.4, -0.2) is 27.4 Å². The molecule has 0 aliphatic rings. The predicted octanol–water partition coefficient (Wildman–Crippen LogP) is 37.7. The third kappa shape index (κ3) is 13.2. The Morgan fingerprint density at radius 2 is 0.381 bits per heavy atom. The minimum absolute atomic E-state index is 0.913. The molecule has 23 aromatic carbocycles. The van der Waals surface area contributed by atoms with E-state index in [4.69, 9.17) is 13.3 Å². The number of hydrogen-bond donors (Lipinski definition) is 0. The van der Waals surface area contributed by atoms with Crippen molar-refractivity contribution in [1.82, 2.24) is 27.4 Å². The SMILES string of the molecule is c1ccc(-n2c3ccccc3c3ccc4c(c5ccccc5n4-c4ccc(-c5ccc(-c6ccc7oc8ccccc8c7c6)cc5)cc4)c32)cc1.c1ccc(-n2c3ccccc3c3ccc4c(c5ccccc5n4-c4ccc(-c5ccc(-c6cccc7c6oc6ccccc67)cc5)cc4)c32)cc1.c1ccc(-n2c3ccccc3c3ccc4c(c5ccccc5n4-c4cccc(-c5ccc6oc7ccccc7c6c5)c4)c32)cc1. The van der Waals surface area contributed by atoms with Crippen LogP contribution in [0, 0.1) is 0 Å². The van der Waals surface area contributed by atoms with E-state index in [1.54, 1.807) is 0 Å². The number of furan rings is 3. The number of aromatic nitrogens is 6. The standard InChI is InChI=1S/2C48H30N2O.C42H26N2O/c1-2-11-34(12-3-1)50-42-18-7-4-13-37(42)39-29-30-44-46(47(39)50)41-15-5-8-19-43(41)49(44)35-27-25-32(26-28-35)31-21-23-33(24-22-31)36-16-10-17-40-38-14-6-9-20-45(38)51-48(36)40;1-2-10-35(11-3-1)50-42-15-7-4-12-37(42)39-27-28-44-47(48(39)50)40-14-5-8-16-43(40)49(44)36-25-22-32(23-26-36)31-18-20-33(21-19-31)34-24-29-46-41(30-34)38-13-6-9-17-45(38)51-46;1-2-12-29(13-3-1)44-36-18-7-4-15-31(36)33-22-23-38-41(42(33)44)34-17-5-8-19-37(34)43(38)30-14-10-11-27(25-30)28-21-24-40-35(26-28)32-16-6-9-20-39(32)45-40/h2*1-30H;1-26H. The first-order valence-electron chi connectivity index (χ1n) is 50.2. The Morgan fingerprint density at radius 3 is 0.776 bits per heavy atom. The van der Waals surface area contributed by atoms with Gasteiger partial charge in [0.05, 0.1) is 66.2 Å². The molecule has 0 N–H and O–H groups in total. The molecule has 9 aromatic heterocycles. The molecule has 0 bridgehead atoms. The first-order valence-corrected chi connectivity index (χ1v) is 50.2. The van der Waals surface area contributed by atoms with Crippen LogP contribution >= 0.6 is 0 Å². The molecular formula is C138H86N6O3. The molecule has 9 heteroatoms. The van der Waals surface area contributed by atoms with Crippen LogP contribution in [0.15, 0.2) is 535 Å². The van der Waals surface area contributed by atoms with Gasteiger partial charge in [0.25, 0.3) is 0 Å². The van der Waals surface area contributed by atoms with E-state index in [0.717, 1.165) is 105 Å². The van der Waals surface area contributed by atoms with Crippen LogP contribution in [-0.2, 0) is 0 Å². The van der Waals surface area contributed by atoms with Crippen molar-refractivity contribution in [3.63, 3.8) is 0 Å². The first kappa shape index (κ1) is 83.1. The molecule has 9 nitrogen and oxygen atoms in total. The van der Waals surface area contributed by atoms with Crippen LogP contribution < -0.4 is 0 Å². The lowest BCUT2D eigenvalue weighted by atomic mass is 9.98. The van der Waals surface area contributed by atoms with Gasteiger partial charge in [0, 0.05) is 137 Å². The van der Waals surface area contributed by atoms with Crippen molar-refractivity contribution < 1.29 is 13.3 Å². The number of para-hydroxylation sites is 13. The number of hydrogen-bond acceptors (Lipinski definition) is 3. The molecule has 0 aliphatic carbocycles. The maximum absolute atomic E-state index is 6.33. The lowest BCUT2D eigenvalue weighted by Gasteiger charge is -2.11. The topological polar surface area (TPSA) is 69.0 Å². The molecule has 32 aromatic rings. The Bertz CT molecular complexity index is 10900. The molecule has 0 aliphatic heterocycles. The third-order valence-corrected chi connectivity index (χ3v) is 30.4. The number of benzene rings is 23. The monoisotopic (exact) mass is 1870 g/mol. The van der Waals surface area contributed by atoms with Gasteiger partial charge in [0.2, 0.25) is 0 Å². The second-order valence-electron chi connectivity index (χ2n) is 38.4. The Kier molecular flexibility index (Phi) is 18.9. The van der Waals surface area contributed by atoms with E-state index in [0.29, 0.717) is 0 Å². The zero-order chi connectivity index (χ0) is 96.4. The van der Waals surface area contributed by atoms with Gasteiger partial charge in [-0.2, -0.15) is 0 Å². The van der Waals surface area contributed by atoms with E-state index in [1.807, 2.05) is 36.4 Å². The van der Waals surface area contributed by atoms with Gasteiger partial charge in [-0.15, -0.1) is 0 Å². The molecular weight excluding hydrogens is 1790 g/mol. The van der Waals surface area contributed by atoms with Crippen LogP contribution in [0.25, 0.3) is 286 Å². The molecule has 686 valence electrons. The van der Waals surface area contributed by atoms with E-state index in [9.17, 15) is 0 Å². The van der Waals surface area contributed by atoms with Crippen molar-refractivity contribution >= 4 is 197 Å². The lowest BCUT2D eigenvalue weighted by Crippen LogP contribution is -1.95. The number of rotatable bonds is 11. The van der Waals surface area contributed by atoms with Gasteiger partial charge in [-0.1, -0.05) is 352 Å². The largest absolute Gasteiger partial charge is 0.456 e. The fourth-order valence-electron chi connectivity index (χ4n) is 23.8. The van der Waals surface area contributed by atoms with Gasteiger partial charge in [-0.25, -0.2) is 0 Å². The predicted molar refractivity (Wildman–Crippen MR) is 614 cm³/mol. The second kappa shape index (κ2) is 33.5. The number of nitrogens with zero attached hydrogens (tertiary/aromatic N) is 6. The summed E-state index contributed by atoms with van der Waals surface area (Å²) in [5.74, 6) is 0. The molecule has 0 unspecified atom stereocenters. The Hall–Kier alpha value is -19.7. The summed E-state index contributed by atoms with van der Waals surface area (Å²) in [5.41, 5.74) is 38.7. The van der Waals surface area contributed by atoms with Crippen molar-refractivity contribution in [2.75, 3.05) is 0 Å². The Morgan fingerprint density at radius 1 is 0.122 bits per heavy atom. The van der Waals surface area contributed by atoms with Gasteiger partial charge in [-0.3, -0.25) is 0 Å². The molecule has 9 heterocycles. The molecule has 0 spiro atoms. The molecule has 0 saturated carbocycles. The van der Waals surface area contributed by atoms with Gasteiger partial charge in [0.15, 0.2) is 0 Å². The van der Waals surface area contributed by atoms with Gasteiger partial charge < -0.3 is 40.7 Å². The second-order valence-corrected chi connectivity index (χ2v) is 38.4. The van der Waals surface area contributed by atoms with Crippen molar-refractivity contribution in [3.8, 4) is 89.8 Å². The summed E-state index contributed by atoms with van der Waals surface area (Å²) in [7, 11) is 0. The fraction of sp³-hybridized carbons (Fsp3) is 0. The molecule has 0 amide bonds. The number of fused-ring (bicyclic) bond motifs is 30. The van der Waals surface area contributed by atoms with E-state index < -0.39 is 0 Å². The quantitative estimate of drug-likeness (QED) is 0.130. The normalized spacial score (nSPS) is 11.9. The molecule has 32 rings (SSSR count).